The molecule has 1 aromatic carbocycles. The van der Waals surface area contributed by atoms with Crippen molar-refractivity contribution in [2.75, 3.05) is 26.7 Å². The zero-order valence-electron chi connectivity index (χ0n) is 16.3. The molecule has 7 heteroatoms. The lowest BCUT2D eigenvalue weighted by Gasteiger charge is -2.29. The molecule has 1 saturated carbocycles. The first-order valence-electron chi connectivity index (χ1n) is 9.98. The largest absolute Gasteiger partial charge is 0.493 e. The summed E-state index contributed by atoms with van der Waals surface area (Å²) in [7, 11) is -1.28. The Bertz CT molecular complexity index is 879. The first-order chi connectivity index (χ1) is 13.5. The van der Waals surface area contributed by atoms with Crippen LogP contribution in [0, 0.1) is 5.92 Å². The van der Waals surface area contributed by atoms with Crippen molar-refractivity contribution < 1.29 is 13.2 Å². The molecule has 2 aliphatic rings. The molecule has 1 aliphatic heterocycles. The Labute approximate surface area is 172 Å². The summed E-state index contributed by atoms with van der Waals surface area (Å²) < 4.78 is 34.2. The van der Waals surface area contributed by atoms with E-state index in [1.165, 1.54) is 30.7 Å². The standard InChI is InChI=1S/C21H28N2O3S2/c1-22-11-3-6-18(14-22)16-26-20-7-2-5-17(13-20)15-23(19-9-10-19)28(24,25)21-8-4-12-27-21/h2,4-5,7-8,12-13,18-19H,3,6,9-11,14-16H2,1H3. The maximum atomic E-state index is 13.0. The zero-order valence-corrected chi connectivity index (χ0v) is 17.9. The van der Waals surface area contributed by atoms with Crippen LogP contribution in [0.25, 0.3) is 0 Å². The van der Waals surface area contributed by atoms with Crippen LogP contribution in [0.1, 0.15) is 31.2 Å². The number of hydrogen-bond acceptors (Lipinski definition) is 5. The van der Waals surface area contributed by atoms with Crippen LogP contribution in [0.15, 0.2) is 46.0 Å². The van der Waals surface area contributed by atoms with Gasteiger partial charge in [0.2, 0.25) is 0 Å². The molecule has 1 aromatic heterocycles. The quantitative estimate of drug-likeness (QED) is 0.651. The lowest BCUT2D eigenvalue weighted by molar-refractivity contribution is 0.150. The van der Waals surface area contributed by atoms with Gasteiger partial charge in [-0.2, -0.15) is 4.31 Å². The Balaban J connectivity index is 1.43. The predicted octanol–water partition coefficient (Wildman–Crippen LogP) is 3.82. The van der Waals surface area contributed by atoms with E-state index < -0.39 is 10.0 Å². The fourth-order valence-electron chi connectivity index (χ4n) is 3.84. The van der Waals surface area contributed by atoms with Gasteiger partial charge in [0, 0.05) is 25.0 Å². The van der Waals surface area contributed by atoms with Crippen LogP contribution in [0.5, 0.6) is 5.75 Å². The number of likely N-dealkylation sites (tertiary alicyclic amines) is 1. The summed E-state index contributed by atoms with van der Waals surface area (Å²) in [5.74, 6) is 1.39. The van der Waals surface area contributed by atoms with Gasteiger partial charge in [-0.05, 0) is 68.4 Å². The third-order valence-electron chi connectivity index (χ3n) is 5.46. The van der Waals surface area contributed by atoms with Crippen molar-refractivity contribution in [2.24, 2.45) is 5.92 Å². The van der Waals surface area contributed by atoms with Gasteiger partial charge in [-0.3, -0.25) is 0 Å². The number of thiophene rings is 1. The lowest BCUT2D eigenvalue weighted by Crippen LogP contribution is -2.34. The SMILES string of the molecule is CN1CCCC(COc2cccc(CN(C3CC3)S(=O)(=O)c3cccs3)c2)C1. The summed E-state index contributed by atoms with van der Waals surface area (Å²) in [4.78, 5) is 2.36. The van der Waals surface area contributed by atoms with E-state index in [-0.39, 0.29) is 6.04 Å². The molecule has 0 radical (unpaired) electrons. The Kier molecular flexibility index (Phi) is 6.06. The maximum Gasteiger partial charge on any atom is 0.253 e. The average molecular weight is 421 g/mol. The van der Waals surface area contributed by atoms with Crippen molar-refractivity contribution in [3.05, 3.63) is 47.3 Å². The molecule has 0 N–H and O–H groups in total. The van der Waals surface area contributed by atoms with Gasteiger partial charge >= 0.3 is 0 Å². The van der Waals surface area contributed by atoms with Gasteiger partial charge < -0.3 is 9.64 Å². The lowest BCUT2D eigenvalue weighted by atomic mass is 9.99. The van der Waals surface area contributed by atoms with Crippen LogP contribution in [0.3, 0.4) is 0 Å². The number of nitrogens with zero attached hydrogens (tertiary/aromatic N) is 2. The first-order valence-corrected chi connectivity index (χ1v) is 12.3. The van der Waals surface area contributed by atoms with Gasteiger partial charge in [0.1, 0.15) is 9.96 Å². The molecule has 0 bridgehead atoms. The third-order valence-corrected chi connectivity index (χ3v) is 8.73. The highest BCUT2D eigenvalue weighted by Crippen LogP contribution is 2.35. The molecular weight excluding hydrogens is 392 g/mol. The molecule has 0 amide bonds. The van der Waals surface area contributed by atoms with E-state index in [0.717, 1.165) is 30.7 Å². The van der Waals surface area contributed by atoms with Gasteiger partial charge in [-0.15, -0.1) is 11.3 Å². The third kappa shape index (κ3) is 4.76. The molecule has 152 valence electrons. The minimum Gasteiger partial charge on any atom is -0.493 e. The fraction of sp³-hybridized carbons (Fsp3) is 0.524. The van der Waals surface area contributed by atoms with Crippen LogP contribution in [-0.4, -0.2) is 50.4 Å². The molecule has 2 aromatic rings. The molecule has 5 nitrogen and oxygen atoms in total. The van der Waals surface area contributed by atoms with Crippen molar-refractivity contribution >= 4 is 21.4 Å². The summed E-state index contributed by atoms with van der Waals surface area (Å²) in [5.41, 5.74) is 0.977. The topological polar surface area (TPSA) is 49.9 Å². The van der Waals surface area contributed by atoms with Gasteiger partial charge in [-0.1, -0.05) is 18.2 Å². The van der Waals surface area contributed by atoms with Crippen LogP contribution in [0.4, 0.5) is 0 Å². The van der Waals surface area contributed by atoms with Gasteiger partial charge in [0.25, 0.3) is 10.0 Å². The van der Waals surface area contributed by atoms with Crippen LogP contribution in [-0.2, 0) is 16.6 Å². The van der Waals surface area contributed by atoms with E-state index in [2.05, 4.69) is 11.9 Å². The molecule has 0 spiro atoms. The van der Waals surface area contributed by atoms with Gasteiger partial charge in [-0.25, -0.2) is 8.42 Å². The Morgan fingerprint density at radius 1 is 1.21 bits per heavy atom. The number of rotatable bonds is 8. The average Bonchev–Trinajstić information content (AvgIpc) is 3.36. The normalized spacial score (nSPS) is 21.1. The fourth-order valence-corrected chi connectivity index (χ4v) is 6.63. The number of hydrogen-bond donors (Lipinski definition) is 0. The smallest absolute Gasteiger partial charge is 0.253 e. The molecule has 1 saturated heterocycles. The number of ether oxygens (including phenoxy) is 1. The Morgan fingerprint density at radius 2 is 2.07 bits per heavy atom. The molecule has 28 heavy (non-hydrogen) atoms. The maximum absolute atomic E-state index is 13.0. The number of piperidine rings is 1. The second kappa shape index (κ2) is 8.53. The molecular formula is C21H28N2O3S2. The van der Waals surface area contributed by atoms with Crippen molar-refractivity contribution in [3.8, 4) is 5.75 Å². The van der Waals surface area contributed by atoms with Crippen LogP contribution >= 0.6 is 11.3 Å². The Morgan fingerprint density at radius 3 is 2.79 bits per heavy atom. The van der Waals surface area contributed by atoms with Crippen molar-refractivity contribution in [2.45, 2.75) is 42.5 Å². The van der Waals surface area contributed by atoms with Crippen molar-refractivity contribution in [1.29, 1.82) is 0 Å². The summed E-state index contributed by atoms with van der Waals surface area (Å²) >= 11 is 1.28. The Hall–Kier alpha value is -1.41. The highest BCUT2D eigenvalue weighted by molar-refractivity contribution is 7.91. The zero-order chi connectivity index (χ0) is 19.6. The van der Waals surface area contributed by atoms with Gasteiger partial charge in [0.15, 0.2) is 0 Å². The van der Waals surface area contributed by atoms with Crippen LogP contribution < -0.4 is 4.74 Å². The molecule has 1 unspecified atom stereocenters. The van der Waals surface area contributed by atoms with Crippen molar-refractivity contribution in [1.82, 2.24) is 9.21 Å². The second-order valence-corrected chi connectivity index (χ2v) is 11.0. The molecule has 2 fully saturated rings. The summed E-state index contributed by atoms with van der Waals surface area (Å²) in [6.45, 7) is 3.36. The molecule has 2 heterocycles. The minimum absolute atomic E-state index is 0.120. The number of benzene rings is 1. The van der Waals surface area contributed by atoms with Crippen molar-refractivity contribution in [3.63, 3.8) is 0 Å². The minimum atomic E-state index is -3.44. The summed E-state index contributed by atoms with van der Waals surface area (Å²) in [6, 6.07) is 11.5. The highest BCUT2D eigenvalue weighted by Gasteiger charge is 2.38. The highest BCUT2D eigenvalue weighted by atomic mass is 32.2. The predicted molar refractivity (Wildman–Crippen MR) is 112 cm³/mol. The van der Waals surface area contributed by atoms with E-state index in [4.69, 9.17) is 4.74 Å². The molecule has 1 atom stereocenters. The summed E-state index contributed by atoms with van der Waals surface area (Å²) in [6.07, 6.45) is 4.31. The van der Waals surface area contributed by atoms with Gasteiger partial charge in [0.05, 0.1) is 6.61 Å². The van der Waals surface area contributed by atoms with E-state index in [9.17, 15) is 8.42 Å². The van der Waals surface area contributed by atoms with E-state index >= 15 is 0 Å². The molecule has 4 rings (SSSR count). The monoisotopic (exact) mass is 420 g/mol. The first kappa shape index (κ1) is 19.9. The van der Waals surface area contributed by atoms with E-state index in [1.54, 1.807) is 16.4 Å². The number of sulfonamides is 1. The van der Waals surface area contributed by atoms with E-state index in [0.29, 0.717) is 23.3 Å². The summed E-state index contributed by atoms with van der Waals surface area (Å²) in [5, 5.41) is 1.81. The van der Waals surface area contributed by atoms with Crippen LogP contribution in [0.2, 0.25) is 0 Å². The van der Waals surface area contributed by atoms with E-state index in [1.807, 2.05) is 29.6 Å². The second-order valence-electron chi connectivity index (χ2n) is 7.94. The molecule has 1 aliphatic carbocycles.